The molecule has 2 unspecified atom stereocenters. The Hall–Kier alpha value is -0.780. The smallest absolute Gasteiger partial charge is 0.322 e. The lowest BCUT2D eigenvalue weighted by Crippen LogP contribution is -2.71. The summed E-state index contributed by atoms with van der Waals surface area (Å²) in [7, 11) is 0. The molecule has 0 saturated heterocycles. The van der Waals surface area contributed by atoms with Gasteiger partial charge in [-0.3, -0.25) is 0 Å². The van der Waals surface area contributed by atoms with E-state index in [-0.39, 0.29) is 18.2 Å². The molecule has 0 aromatic heterocycles. The molecule has 0 amide bonds. The predicted molar refractivity (Wildman–Crippen MR) is 58.9 cm³/mol. The van der Waals surface area contributed by atoms with E-state index in [2.05, 4.69) is 0 Å². The molecule has 0 aromatic rings. The first-order valence-electron chi connectivity index (χ1n) is 5.23. The van der Waals surface area contributed by atoms with Gasteiger partial charge < -0.3 is 5.73 Å². The predicted octanol–water partition coefficient (Wildman–Crippen LogP) is 4.34. The molecular formula is C10H6BrF10N. The van der Waals surface area contributed by atoms with Crippen LogP contribution >= 0.6 is 15.9 Å². The summed E-state index contributed by atoms with van der Waals surface area (Å²) in [5.41, 5.74) is -3.07. The van der Waals surface area contributed by atoms with Crippen molar-refractivity contribution in [2.24, 2.45) is 5.73 Å². The largest absolute Gasteiger partial charge is 0.433 e. The number of hydrogen-bond acceptors (Lipinski definition) is 1. The first-order valence-corrected chi connectivity index (χ1v) is 6.03. The lowest BCUT2D eigenvalue weighted by atomic mass is 9.76. The fraction of sp³-hybridized carbons (Fsp3) is 0.600. The van der Waals surface area contributed by atoms with E-state index < -0.39 is 40.1 Å². The van der Waals surface area contributed by atoms with Gasteiger partial charge in [-0.25, -0.2) is 4.39 Å². The molecule has 1 aliphatic rings. The van der Waals surface area contributed by atoms with Crippen LogP contribution in [0.5, 0.6) is 0 Å². The number of alkyl halides is 11. The van der Waals surface area contributed by atoms with E-state index in [4.69, 9.17) is 5.73 Å². The van der Waals surface area contributed by atoms with Crippen molar-refractivity contribution in [1.29, 1.82) is 0 Å². The van der Waals surface area contributed by atoms with E-state index in [1.165, 1.54) is 0 Å². The van der Waals surface area contributed by atoms with E-state index >= 15 is 0 Å². The number of allylic oxidation sites excluding steroid dienone is 2. The van der Waals surface area contributed by atoms with Crippen LogP contribution in [-0.2, 0) is 0 Å². The molecule has 1 aliphatic carbocycles. The van der Waals surface area contributed by atoms with Crippen molar-refractivity contribution in [1.82, 2.24) is 0 Å². The average molecular weight is 410 g/mol. The van der Waals surface area contributed by atoms with Gasteiger partial charge in [0.2, 0.25) is 0 Å². The summed E-state index contributed by atoms with van der Waals surface area (Å²) in [6.45, 7) is 0. The SMILES string of the molecule is NC1C(C(F)(F)F)=CC=CC1(Br)C(F)(C(F)(F)F)C(F)(F)F. The van der Waals surface area contributed by atoms with Crippen LogP contribution in [0.15, 0.2) is 23.8 Å². The zero-order valence-corrected chi connectivity index (χ0v) is 11.6. The number of hydrogen-bond donors (Lipinski definition) is 1. The van der Waals surface area contributed by atoms with Crippen LogP contribution in [0, 0.1) is 0 Å². The molecule has 1 rings (SSSR count). The molecule has 0 spiro atoms. The molecule has 0 aliphatic heterocycles. The highest BCUT2D eigenvalue weighted by Gasteiger charge is 2.82. The van der Waals surface area contributed by atoms with Crippen LogP contribution in [-0.4, -0.2) is 34.6 Å². The lowest BCUT2D eigenvalue weighted by Gasteiger charge is -2.46. The lowest BCUT2D eigenvalue weighted by molar-refractivity contribution is -0.348. The molecule has 22 heavy (non-hydrogen) atoms. The van der Waals surface area contributed by atoms with E-state index in [0.29, 0.717) is 0 Å². The van der Waals surface area contributed by atoms with Crippen molar-refractivity contribution in [2.75, 3.05) is 0 Å². The fourth-order valence-corrected chi connectivity index (χ4v) is 2.77. The molecule has 0 aromatic carbocycles. The first-order chi connectivity index (χ1) is 9.50. The fourth-order valence-electron chi connectivity index (χ4n) is 1.92. The highest BCUT2D eigenvalue weighted by molar-refractivity contribution is 9.10. The van der Waals surface area contributed by atoms with Crippen LogP contribution in [0.4, 0.5) is 43.9 Å². The van der Waals surface area contributed by atoms with Crippen LogP contribution in [0.3, 0.4) is 0 Å². The van der Waals surface area contributed by atoms with Crippen LogP contribution < -0.4 is 5.73 Å². The topological polar surface area (TPSA) is 26.0 Å². The molecule has 1 nitrogen and oxygen atoms in total. The van der Waals surface area contributed by atoms with Crippen LogP contribution in [0.1, 0.15) is 0 Å². The molecule has 0 bridgehead atoms. The quantitative estimate of drug-likeness (QED) is 0.506. The van der Waals surface area contributed by atoms with Gasteiger partial charge in [-0.15, -0.1) is 0 Å². The van der Waals surface area contributed by atoms with Crippen molar-refractivity contribution >= 4 is 15.9 Å². The van der Waals surface area contributed by atoms with Gasteiger partial charge in [0.1, 0.15) is 4.32 Å². The van der Waals surface area contributed by atoms with Crippen molar-refractivity contribution in [2.45, 2.75) is 34.6 Å². The summed E-state index contributed by atoms with van der Waals surface area (Å²) in [5.74, 6) is 0. The maximum absolute atomic E-state index is 14.1. The van der Waals surface area contributed by atoms with E-state index in [0.717, 1.165) is 0 Å². The summed E-state index contributed by atoms with van der Waals surface area (Å²) in [4.78, 5) is 0. The van der Waals surface area contributed by atoms with Gasteiger partial charge in [0, 0.05) is 0 Å². The monoisotopic (exact) mass is 409 g/mol. The van der Waals surface area contributed by atoms with Crippen molar-refractivity contribution < 1.29 is 43.9 Å². The zero-order chi connectivity index (χ0) is 17.8. The average Bonchev–Trinajstić information content (AvgIpc) is 2.27. The summed E-state index contributed by atoms with van der Waals surface area (Å²) in [6.07, 6.45) is -18.1. The molecule has 2 N–H and O–H groups in total. The Kier molecular flexibility index (Phi) is 4.48. The second kappa shape index (κ2) is 5.11. The van der Waals surface area contributed by atoms with Crippen LogP contribution in [0.25, 0.3) is 0 Å². The van der Waals surface area contributed by atoms with Crippen LogP contribution in [0.2, 0.25) is 0 Å². The molecule has 0 saturated carbocycles. The Morgan fingerprint density at radius 3 is 1.64 bits per heavy atom. The normalized spacial score (nSPS) is 27.8. The number of halogens is 11. The molecule has 2 atom stereocenters. The molecule has 12 heteroatoms. The van der Waals surface area contributed by atoms with E-state index in [9.17, 15) is 43.9 Å². The Balaban J connectivity index is 3.58. The maximum Gasteiger partial charge on any atom is 0.433 e. The molecular weight excluding hydrogens is 404 g/mol. The van der Waals surface area contributed by atoms with Gasteiger partial charge in [-0.05, 0) is 0 Å². The minimum atomic E-state index is -6.56. The second-order valence-electron chi connectivity index (χ2n) is 4.38. The molecule has 128 valence electrons. The highest BCUT2D eigenvalue weighted by Crippen LogP contribution is 2.59. The highest BCUT2D eigenvalue weighted by atomic mass is 79.9. The van der Waals surface area contributed by atoms with E-state index in [1.807, 2.05) is 15.9 Å². The molecule has 0 radical (unpaired) electrons. The van der Waals surface area contributed by atoms with Crippen molar-refractivity contribution in [3.63, 3.8) is 0 Å². The summed E-state index contributed by atoms with van der Waals surface area (Å²) >= 11 is 1.82. The minimum absolute atomic E-state index is 0.0338. The summed E-state index contributed by atoms with van der Waals surface area (Å²) in [6, 6.07) is -2.98. The Labute approximate surface area is 125 Å². The summed E-state index contributed by atoms with van der Waals surface area (Å²) < 4.78 is 124. The van der Waals surface area contributed by atoms with Gasteiger partial charge in [-0.1, -0.05) is 34.2 Å². The first kappa shape index (κ1) is 19.3. The third kappa shape index (κ3) is 2.63. The second-order valence-corrected chi connectivity index (χ2v) is 5.69. The Morgan fingerprint density at radius 1 is 0.909 bits per heavy atom. The van der Waals surface area contributed by atoms with Gasteiger partial charge >= 0.3 is 24.2 Å². The minimum Gasteiger partial charge on any atom is -0.322 e. The van der Waals surface area contributed by atoms with Crippen molar-refractivity contribution in [3.05, 3.63) is 23.8 Å². The molecule has 0 fully saturated rings. The van der Waals surface area contributed by atoms with Gasteiger partial charge in [0.25, 0.3) is 0 Å². The van der Waals surface area contributed by atoms with Gasteiger partial charge in [-0.2, -0.15) is 39.5 Å². The summed E-state index contributed by atoms with van der Waals surface area (Å²) in [5, 5.41) is 0. The number of rotatable bonds is 1. The van der Waals surface area contributed by atoms with Gasteiger partial charge in [0.05, 0.1) is 11.6 Å². The van der Waals surface area contributed by atoms with Crippen molar-refractivity contribution in [3.8, 4) is 0 Å². The van der Waals surface area contributed by atoms with E-state index in [1.54, 1.807) is 0 Å². The Morgan fingerprint density at radius 2 is 1.32 bits per heavy atom. The number of nitrogens with two attached hydrogens (primary N) is 1. The van der Waals surface area contributed by atoms with Gasteiger partial charge in [0.15, 0.2) is 0 Å². The standard InChI is InChI=1S/C10H6BrF10N/c11-6(8(15,9(16,17)18)10(19,20)21)3-1-2-4(5(6)22)7(12,13)14/h1-3,5H,22H2. The molecule has 0 heterocycles. The zero-order valence-electron chi connectivity index (χ0n) is 10.0. The Bertz CT molecular complexity index is 485. The third-order valence-corrected chi connectivity index (χ3v) is 4.34. The third-order valence-electron chi connectivity index (χ3n) is 3.04. The maximum atomic E-state index is 14.1.